The van der Waals surface area contributed by atoms with Gasteiger partial charge in [-0.05, 0) is 24.6 Å². The van der Waals surface area contributed by atoms with Crippen LogP contribution in [0.3, 0.4) is 0 Å². The van der Waals surface area contributed by atoms with Gasteiger partial charge in [0, 0.05) is 11.8 Å². The largest absolute Gasteiger partial charge is 0.493 e. The molecule has 8 nitrogen and oxygen atoms in total. The van der Waals surface area contributed by atoms with E-state index < -0.39 is 17.1 Å². The van der Waals surface area contributed by atoms with Crippen molar-refractivity contribution in [1.82, 2.24) is 19.7 Å². The van der Waals surface area contributed by atoms with Crippen molar-refractivity contribution in [2.75, 3.05) is 0 Å². The van der Waals surface area contributed by atoms with Crippen molar-refractivity contribution in [2.24, 2.45) is 4.99 Å². The lowest BCUT2D eigenvalue weighted by Gasteiger charge is -2.09. The minimum atomic E-state index is -0.743. The first-order valence-electron chi connectivity index (χ1n) is 8.61. The molecule has 0 saturated carbocycles. The van der Waals surface area contributed by atoms with Crippen LogP contribution in [0.2, 0.25) is 0 Å². The normalized spacial score (nSPS) is 11.2. The maximum Gasteiger partial charge on any atom is 0.335 e. The molecule has 144 valence electrons. The summed E-state index contributed by atoms with van der Waals surface area (Å²) in [5.74, 6) is -0.499. The van der Waals surface area contributed by atoms with E-state index in [2.05, 4.69) is 20.2 Å². The molecule has 0 atom stereocenters. The zero-order valence-electron chi connectivity index (χ0n) is 15.2. The highest BCUT2D eigenvalue weighted by molar-refractivity contribution is 7.18. The van der Waals surface area contributed by atoms with E-state index in [-0.39, 0.29) is 5.56 Å². The highest BCUT2D eigenvalue weighted by Crippen LogP contribution is 2.27. The van der Waals surface area contributed by atoms with Gasteiger partial charge in [0.15, 0.2) is 0 Å². The molecule has 0 fully saturated rings. The molecule has 0 unspecified atom stereocenters. The zero-order chi connectivity index (χ0) is 20.4. The summed E-state index contributed by atoms with van der Waals surface area (Å²) in [7, 11) is 0. The van der Waals surface area contributed by atoms with E-state index in [9.17, 15) is 14.7 Å². The first kappa shape index (κ1) is 18.5. The summed E-state index contributed by atoms with van der Waals surface area (Å²) in [4.78, 5) is 30.8. The number of aliphatic imine (C=N–C) groups is 1. The molecule has 2 heterocycles. The number of aromatic hydroxyl groups is 1. The van der Waals surface area contributed by atoms with Gasteiger partial charge < -0.3 is 5.11 Å². The Bertz CT molecular complexity index is 1320. The maximum absolute atomic E-state index is 12.2. The van der Waals surface area contributed by atoms with Crippen LogP contribution in [-0.4, -0.2) is 31.1 Å². The highest BCUT2D eigenvalue weighted by atomic mass is 32.1. The van der Waals surface area contributed by atoms with Crippen molar-refractivity contribution >= 4 is 22.7 Å². The van der Waals surface area contributed by atoms with E-state index >= 15 is 0 Å². The third-order valence-corrected chi connectivity index (χ3v) is 5.00. The fourth-order valence-corrected chi connectivity index (χ4v) is 3.44. The molecular formula is C20H15N5O3S. The van der Waals surface area contributed by atoms with E-state index in [0.717, 1.165) is 15.7 Å². The van der Waals surface area contributed by atoms with Gasteiger partial charge in [-0.25, -0.2) is 14.4 Å². The molecule has 0 aliphatic carbocycles. The molecular weight excluding hydrogens is 390 g/mol. The van der Waals surface area contributed by atoms with Crippen molar-refractivity contribution in [1.29, 1.82) is 0 Å². The Balaban J connectivity index is 1.73. The summed E-state index contributed by atoms with van der Waals surface area (Å²) in [6, 6.07) is 16.5. The second-order valence-corrected chi connectivity index (χ2v) is 7.14. The van der Waals surface area contributed by atoms with E-state index in [1.807, 2.05) is 43.3 Å². The number of aryl methyl sites for hydroxylation is 1. The molecule has 0 amide bonds. The average Bonchev–Trinajstić information content (AvgIpc) is 3.17. The molecule has 0 radical (unpaired) electrons. The quantitative estimate of drug-likeness (QED) is 0.507. The van der Waals surface area contributed by atoms with Crippen molar-refractivity contribution in [3.8, 4) is 22.1 Å². The minimum absolute atomic E-state index is 0.150. The predicted molar refractivity (Wildman–Crippen MR) is 112 cm³/mol. The third kappa shape index (κ3) is 3.76. The summed E-state index contributed by atoms with van der Waals surface area (Å²) in [6.45, 7) is 1.86. The number of hydrogen-bond acceptors (Lipinski definition) is 7. The van der Waals surface area contributed by atoms with Crippen LogP contribution in [0.4, 0.5) is 5.13 Å². The molecule has 4 aromatic rings. The number of benzene rings is 2. The monoisotopic (exact) mass is 405 g/mol. The number of aromatic amines is 1. The Morgan fingerprint density at radius 3 is 2.66 bits per heavy atom. The Morgan fingerprint density at radius 1 is 1.10 bits per heavy atom. The number of nitrogens with zero attached hydrogens (tertiary/aromatic N) is 4. The van der Waals surface area contributed by atoms with Crippen molar-refractivity contribution in [3.63, 3.8) is 0 Å². The number of rotatable bonds is 4. The molecule has 2 aromatic carbocycles. The first-order chi connectivity index (χ1) is 14.0. The van der Waals surface area contributed by atoms with E-state index in [1.165, 1.54) is 17.6 Å². The standard InChI is InChI=1S/C20H15N5O3S/c1-12-6-5-9-14(10-12)25-18(27)15(16(26)22-20(25)28)11-21-19-24-23-17(29-19)13-7-3-2-4-8-13/h2-11,27H,1H3,(H,22,26,28). The molecule has 0 bridgehead atoms. The van der Waals surface area contributed by atoms with Gasteiger partial charge in [0.1, 0.15) is 10.6 Å². The molecule has 0 aliphatic heterocycles. The maximum atomic E-state index is 12.2. The molecule has 0 spiro atoms. The van der Waals surface area contributed by atoms with Crippen LogP contribution in [-0.2, 0) is 0 Å². The third-order valence-electron chi connectivity index (χ3n) is 4.12. The number of aromatic nitrogens is 4. The number of hydrogen-bond donors (Lipinski definition) is 2. The molecule has 2 N–H and O–H groups in total. The van der Waals surface area contributed by atoms with Crippen molar-refractivity contribution < 1.29 is 5.11 Å². The Labute approximate surface area is 168 Å². The fraction of sp³-hybridized carbons (Fsp3) is 0.0500. The highest BCUT2D eigenvalue weighted by Gasteiger charge is 2.14. The van der Waals surface area contributed by atoms with Gasteiger partial charge in [-0.2, -0.15) is 0 Å². The van der Waals surface area contributed by atoms with Crippen LogP contribution in [0.5, 0.6) is 5.88 Å². The molecule has 29 heavy (non-hydrogen) atoms. The van der Waals surface area contributed by atoms with Crippen molar-refractivity contribution in [2.45, 2.75) is 6.92 Å². The van der Waals surface area contributed by atoms with Gasteiger partial charge in [-0.3, -0.25) is 9.78 Å². The summed E-state index contributed by atoms with van der Waals surface area (Å²) < 4.78 is 1.02. The molecule has 2 aromatic heterocycles. The van der Waals surface area contributed by atoms with E-state index in [4.69, 9.17) is 0 Å². The fourth-order valence-electron chi connectivity index (χ4n) is 2.75. The predicted octanol–water partition coefficient (Wildman–Crippen LogP) is 2.81. The van der Waals surface area contributed by atoms with Crippen LogP contribution in [0, 0.1) is 6.92 Å². The van der Waals surface area contributed by atoms with Gasteiger partial charge in [-0.1, -0.05) is 53.8 Å². The number of H-pyrrole nitrogens is 1. The van der Waals surface area contributed by atoms with Crippen LogP contribution < -0.4 is 11.2 Å². The lowest BCUT2D eigenvalue weighted by atomic mass is 10.2. The lowest BCUT2D eigenvalue weighted by molar-refractivity contribution is 0.430. The van der Waals surface area contributed by atoms with Crippen LogP contribution in [0.1, 0.15) is 11.1 Å². The van der Waals surface area contributed by atoms with Gasteiger partial charge >= 0.3 is 5.69 Å². The van der Waals surface area contributed by atoms with Crippen LogP contribution in [0.25, 0.3) is 16.3 Å². The summed E-state index contributed by atoms with van der Waals surface area (Å²) in [6.07, 6.45) is 1.18. The summed E-state index contributed by atoms with van der Waals surface area (Å²) in [5, 5.41) is 19.6. The minimum Gasteiger partial charge on any atom is -0.493 e. The van der Waals surface area contributed by atoms with Crippen molar-refractivity contribution in [3.05, 3.63) is 86.6 Å². The van der Waals surface area contributed by atoms with Gasteiger partial charge in [0.25, 0.3) is 5.56 Å². The Morgan fingerprint density at radius 2 is 1.90 bits per heavy atom. The second kappa shape index (κ2) is 7.64. The lowest BCUT2D eigenvalue weighted by Crippen LogP contribution is -2.31. The zero-order valence-corrected chi connectivity index (χ0v) is 16.1. The van der Waals surface area contributed by atoms with Gasteiger partial charge in [0.2, 0.25) is 11.0 Å². The second-order valence-electron chi connectivity index (χ2n) is 6.18. The van der Waals surface area contributed by atoms with Crippen LogP contribution >= 0.6 is 11.3 Å². The molecule has 0 saturated heterocycles. The summed E-state index contributed by atoms with van der Waals surface area (Å²) in [5.41, 5.74) is 0.603. The van der Waals surface area contributed by atoms with Gasteiger partial charge in [-0.15, -0.1) is 10.2 Å². The SMILES string of the molecule is Cc1cccc(-n2c(O)c(C=Nc3nnc(-c4ccccc4)s3)c(=O)[nH]c2=O)c1. The van der Waals surface area contributed by atoms with E-state index in [0.29, 0.717) is 15.8 Å². The number of nitrogens with one attached hydrogen (secondary N) is 1. The molecule has 0 aliphatic rings. The van der Waals surface area contributed by atoms with Gasteiger partial charge in [0.05, 0.1) is 5.69 Å². The molecule has 9 heteroatoms. The van der Waals surface area contributed by atoms with Crippen LogP contribution in [0.15, 0.2) is 69.2 Å². The summed E-state index contributed by atoms with van der Waals surface area (Å²) >= 11 is 1.24. The smallest absolute Gasteiger partial charge is 0.335 e. The topological polar surface area (TPSA) is 113 Å². The Hall–Kier alpha value is -3.85. The Kier molecular flexibility index (Phi) is 4.88. The van der Waals surface area contributed by atoms with E-state index in [1.54, 1.807) is 18.2 Å². The average molecular weight is 405 g/mol. The molecule has 4 rings (SSSR count). The first-order valence-corrected chi connectivity index (χ1v) is 9.43.